The van der Waals surface area contributed by atoms with E-state index in [1.165, 1.54) is 0 Å². The SMILES string of the molecule is O=C1Nc2ccc(Cl)cc2/C1=C\c1ccc2c(c1)OCO2. The third kappa shape index (κ3) is 2.04. The van der Waals surface area contributed by atoms with E-state index in [4.69, 9.17) is 21.1 Å². The highest BCUT2D eigenvalue weighted by molar-refractivity contribution is 6.36. The maximum Gasteiger partial charge on any atom is 0.256 e. The van der Waals surface area contributed by atoms with E-state index in [2.05, 4.69) is 5.32 Å². The fraction of sp³-hybridized carbons (Fsp3) is 0.0625. The van der Waals surface area contributed by atoms with Crippen molar-refractivity contribution in [2.24, 2.45) is 0 Å². The molecular weight excluding hydrogens is 290 g/mol. The molecule has 0 aromatic heterocycles. The monoisotopic (exact) mass is 299 g/mol. The van der Waals surface area contributed by atoms with Gasteiger partial charge in [0.1, 0.15) is 0 Å². The van der Waals surface area contributed by atoms with Crippen molar-refractivity contribution in [1.29, 1.82) is 0 Å². The lowest BCUT2D eigenvalue weighted by Crippen LogP contribution is -2.03. The predicted molar refractivity (Wildman–Crippen MR) is 80.5 cm³/mol. The lowest BCUT2D eigenvalue weighted by Gasteiger charge is -2.01. The summed E-state index contributed by atoms with van der Waals surface area (Å²) in [4.78, 5) is 12.1. The molecule has 0 saturated carbocycles. The summed E-state index contributed by atoms with van der Waals surface area (Å²) in [5, 5.41) is 3.42. The first-order valence-corrected chi connectivity index (χ1v) is 6.81. The first kappa shape index (κ1) is 12.3. The van der Waals surface area contributed by atoms with Gasteiger partial charge in [0.05, 0.1) is 0 Å². The Bertz CT molecular complexity index is 798. The van der Waals surface area contributed by atoms with Crippen molar-refractivity contribution in [3.63, 3.8) is 0 Å². The number of fused-ring (bicyclic) bond motifs is 2. The Hall–Kier alpha value is -2.46. The Morgan fingerprint density at radius 2 is 1.95 bits per heavy atom. The number of hydrogen-bond acceptors (Lipinski definition) is 3. The average Bonchev–Trinajstić information content (AvgIpc) is 3.04. The smallest absolute Gasteiger partial charge is 0.256 e. The molecule has 0 bridgehead atoms. The summed E-state index contributed by atoms with van der Waals surface area (Å²) in [6.45, 7) is 0.230. The fourth-order valence-electron chi connectivity index (χ4n) is 2.47. The number of carbonyl (C=O) groups is 1. The molecule has 1 amide bonds. The summed E-state index contributed by atoms with van der Waals surface area (Å²) in [7, 11) is 0. The number of rotatable bonds is 1. The molecule has 0 radical (unpaired) electrons. The van der Waals surface area contributed by atoms with Crippen LogP contribution in [-0.4, -0.2) is 12.7 Å². The Morgan fingerprint density at radius 3 is 2.86 bits per heavy atom. The molecule has 2 aliphatic heterocycles. The zero-order valence-corrected chi connectivity index (χ0v) is 11.6. The fourth-order valence-corrected chi connectivity index (χ4v) is 2.65. The molecule has 2 aromatic rings. The normalized spacial score (nSPS) is 17.0. The largest absolute Gasteiger partial charge is 0.454 e. The number of amides is 1. The second-order valence-corrected chi connectivity index (χ2v) is 5.25. The lowest BCUT2D eigenvalue weighted by molar-refractivity contribution is -0.110. The molecule has 2 aliphatic rings. The van der Waals surface area contributed by atoms with E-state index in [0.29, 0.717) is 16.3 Å². The first-order chi connectivity index (χ1) is 10.2. The first-order valence-electron chi connectivity index (χ1n) is 6.43. The van der Waals surface area contributed by atoms with E-state index in [-0.39, 0.29) is 12.7 Å². The summed E-state index contributed by atoms with van der Waals surface area (Å²) < 4.78 is 10.6. The molecule has 21 heavy (non-hydrogen) atoms. The van der Waals surface area contributed by atoms with Gasteiger partial charge in [0.2, 0.25) is 6.79 Å². The molecule has 0 unspecified atom stereocenters. The van der Waals surface area contributed by atoms with Gasteiger partial charge in [-0.1, -0.05) is 17.7 Å². The van der Waals surface area contributed by atoms with Crippen molar-refractivity contribution in [1.82, 2.24) is 0 Å². The van der Waals surface area contributed by atoms with Crippen LogP contribution >= 0.6 is 11.6 Å². The van der Waals surface area contributed by atoms with Gasteiger partial charge in [-0.15, -0.1) is 0 Å². The van der Waals surface area contributed by atoms with Gasteiger partial charge in [-0.2, -0.15) is 0 Å². The molecule has 104 valence electrons. The van der Waals surface area contributed by atoms with Gasteiger partial charge in [-0.05, 0) is 42.0 Å². The van der Waals surface area contributed by atoms with Crippen molar-refractivity contribution < 1.29 is 14.3 Å². The summed E-state index contributed by atoms with van der Waals surface area (Å²) in [5.74, 6) is 1.27. The Balaban J connectivity index is 1.80. The third-order valence-electron chi connectivity index (χ3n) is 3.47. The Morgan fingerprint density at radius 1 is 1.10 bits per heavy atom. The second kappa shape index (κ2) is 4.53. The Kier molecular flexibility index (Phi) is 2.65. The van der Waals surface area contributed by atoms with Crippen LogP contribution in [-0.2, 0) is 4.79 Å². The van der Waals surface area contributed by atoms with E-state index in [9.17, 15) is 4.79 Å². The van der Waals surface area contributed by atoms with Crippen LogP contribution in [0.2, 0.25) is 5.02 Å². The molecule has 0 spiro atoms. The van der Waals surface area contributed by atoms with E-state index in [1.807, 2.05) is 24.3 Å². The highest BCUT2D eigenvalue weighted by Crippen LogP contribution is 2.37. The molecule has 2 aromatic carbocycles. The van der Waals surface area contributed by atoms with Crippen molar-refractivity contribution in [2.75, 3.05) is 12.1 Å². The Labute approximate surface area is 125 Å². The number of hydrogen-bond donors (Lipinski definition) is 1. The van der Waals surface area contributed by atoms with Crippen LogP contribution in [0.25, 0.3) is 11.6 Å². The third-order valence-corrected chi connectivity index (χ3v) is 3.71. The van der Waals surface area contributed by atoms with Crippen LogP contribution in [0.15, 0.2) is 36.4 Å². The molecule has 4 nitrogen and oxygen atoms in total. The van der Waals surface area contributed by atoms with Crippen LogP contribution < -0.4 is 14.8 Å². The molecule has 2 heterocycles. The van der Waals surface area contributed by atoms with E-state index < -0.39 is 0 Å². The summed E-state index contributed by atoms with van der Waals surface area (Å²) in [6, 6.07) is 10.9. The van der Waals surface area contributed by atoms with Crippen LogP contribution in [0.4, 0.5) is 5.69 Å². The molecule has 1 N–H and O–H groups in total. The number of nitrogens with one attached hydrogen (secondary N) is 1. The molecule has 5 heteroatoms. The van der Waals surface area contributed by atoms with Gasteiger partial charge in [0.25, 0.3) is 5.91 Å². The molecule has 0 atom stereocenters. The number of carbonyl (C=O) groups excluding carboxylic acids is 1. The van der Waals surface area contributed by atoms with Gasteiger partial charge < -0.3 is 14.8 Å². The maximum absolute atomic E-state index is 12.1. The summed E-state index contributed by atoms with van der Waals surface area (Å²) in [5.41, 5.74) is 3.05. The molecular formula is C16H10ClNO3. The highest BCUT2D eigenvalue weighted by Gasteiger charge is 2.24. The number of ether oxygens (including phenoxy) is 2. The standard InChI is InChI=1S/C16H10ClNO3/c17-10-2-3-13-11(7-10)12(16(19)18-13)5-9-1-4-14-15(6-9)21-8-20-14/h1-7H,8H2,(H,18,19)/b12-5+. The molecule has 0 fully saturated rings. The minimum absolute atomic E-state index is 0.134. The quantitative estimate of drug-likeness (QED) is 0.819. The van der Waals surface area contributed by atoms with Crippen LogP contribution in [0, 0.1) is 0 Å². The second-order valence-electron chi connectivity index (χ2n) is 4.81. The van der Waals surface area contributed by atoms with Gasteiger partial charge in [-0.25, -0.2) is 0 Å². The molecule has 0 saturated heterocycles. The van der Waals surface area contributed by atoms with Crippen LogP contribution in [0.5, 0.6) is 11.5 Å². The van der Waals surface area contributed by atoms with Crippen LogP contribution in [0.1, 0.15) is 11.1 Å². The predicted octanol–water partition coefficient (Wildman–Crippen LogP) is 3.56. The zero-order chi connectivity index (χ0) is 14.4. The minimum Gasteiger partial charge on any atom is -0.454 e. The number of anilines is 1. The van der Waals surface area contributed by atoms with Gasteiger partial charge in [0, 0.05) is 21.8 Å². The van der Waals surface area contributed by atoms with Crippen molar-refractivity contribution >= 4 is 34.8 Å². The lowest BCUT2D eigenvalue weighted by atomic mass is 10.0. The van der Waals surface area contributed by atoms with Crippen molar-refractivity contribution in [3.05, 3.63) is 52.5 Å². The summed E-state index contributed by atoms with van der Waals surface area (Å²) >= 11 is 6.01. The minimum atomic E-state index is -0.134. The van der Waals surface area contributed by atoms with Gasteiger partial charge >= 0.3 is 0 Å². The number of halogens is 1. The molecule has 0 aliphatic carbocycles. The van der Waals surface area contributed by atoms with E-state index >= 15 is 0 Å². The summed E-state index contributed by atoms with van der Waals surface area (Å²) in [6.07, 6.45) is 1.82. The topological polar surface area (TPSA) is 47.6 Å². The van der Waals surface area contributed by atoms with Crippen molar-refractivity contribution in [2.45, 2.75) is 0 Å². The maximum atomic E-state index is 12.1. The zero-order valence-electron chi connectivity index (χ0n) is 10.9. The van der Waals surface area contributed by atoms with Crippen LogP contribution in [0.3, 0.4) is 0 Å². The highest BCUT2D eigenvalue weighted by atomic mass is 35.5. The number of benzene rings is 2. The van der Waals surface area contributed by atoms with E-state index in [1.54, 1.807) is 18.2 Å². The molecule has 4 rings (SSSR count). The van der Waals surface area contributed by atoms with Gasteiger partial charge in [-0.3, -0.25) is 4.79 Å². The van der Waals surface area contributed by atoms with Crippen molar-refractivity contribution in [3.8, 4) is 11.5 Å². The van der Waals surface area contributed by atoms with Gasteiger partial charge in [0.15, 0.2) is 11.5 Å². The van der Waals surface area contributed by atoms with E-state index in [0.717, 1.165) is 22.6 Å². The average molecular weight is 300 g/mol.